The monoisotopic (exact) mass is 387 g/mol. The fourth-order valence-electron chi connectivity index (χ4n) is 1.74. The van der Waals surface area contributed by atoms with Crippen LogP contribution in [0.4, 0.5) is 0 Å². The molecule has 0 aliphatic rings. The molecule has 2 aromatic carbocycles. The molecule has 0 heterocycles. The Morgan fingerprint density at radius 3 is 2.33 bits per heavy atom. The van der Waals surface area contributed by atoms with E-state index in [0.717, 1.165) is 20.9 Å². The quantitative estimate of drug-likeness (QED) is 0.776. The Morgan fingerprint density at radius 2 is 1.72 bits per heavy atom. The maximum absolute atomic E-state index is 6.21. The zero-order chi connectivity index (χ0) is 13.1. The molecule has 0 fully saturated rings. The van der Waals surface area contributed by atoms with Crippen molar-refractivity contribution in [2.45, 2.75) is 12.5 Å². The van der Waals surface area contributed by atoms with Crippen LogP contribution in [0.25, 0.3) is 0 Å². The second-order valence-corrected chi connectivity index (χ2v) is 6.29. The Balaban J connectivity index is 2.13. The third kappa shape index (κ3) is 3.58. The van der Waals surface area contributed by atoms with Crippen LogP contribution in [0.5, 0.6) is 0 Å². The summed E-state index contributed by atoms with van der Waals surface area (Å²) in [7, 11) is 0. The molecule has 1 atom stereocenters. The molecule has 4 heteroatoms. The van der Waals surface area contributed by atoms with Gasteiger partial charge in [-0.2, -0.15) is 0 Å². The van der Waals surface area contributed by atoms with Crippen molar-refractivity contribution in [2.75, 3.05) is 0 Å². The molecular formula is C14H12Br2ClN. The number of hydrogen-bond acceptors (Lipinski definition) is 1. The molecule has 94 valence electrons. The molecule has 0 aliphatic carbocycles. The number of benzene rings is 2. The highest BCUT2D eigenvalue weighted by atomic mass is 79.9. The van der Waals surface area contributed by atoms with Crippen molar-refractivity contribution < 1.29 is 0 Å². The first kappa shape index (κ1) is 14.1. The summed E-state index contributed by atoms with van der Waals surface area (Å²) in [5, 5.41) is 0.703. The van der Waals surface area contributed by atoms with E-state index in [1.807, 2.05) is 30.3 Å². The molecule has 0 aliphatic heterocycles. The lowest BCUT2D eigenvalue weighted by Gasteiger charge is -2.13. The van der Waals surface area contributed by atoms with Crippen molar-refractivity contribution in [3.63, 3.8) is 0 Å². The first-order valence-electron chi connectivity index (χ1n) is 5.51. The van der Waals surface area contributed by atoms with Gasteiger partial charge >= 0.3 is 0 Å². The molecule has 2 rings (SSSR count). The van der Waals surface area contributed by atoms with Gasteiger partial charge in [-0.1, -0.05) is 45.7 Å². The van der Waals surface area contributed by atoms with Crippen molar-refractivity contribution >= 4 is 43.5 Å². The van der Waals surface area contributed by atoms with Gasteiger partial charge in [0.15, 0.2) is 0 Å². The Hall–Kier alpha value is -0.350. The molecule has 0 radical (unpaired) electrons. The lowest BCUT2D eigenvalue weighted by Crippen LogP contribution is -2.13. The molecular weight excluding hydrogens is 377 g/mol. The van der Waals surface area contributed by atoms with Crippen molar-refractivity contribution in [3.8, 4) is 0 Å². The smallest absolute Gasteiger partial charge is 0.0548 e. The first-order valence-corrected chi connectivity index (χ1v) is 7.47. The highest BCUT2D eigenvalue weighted by Gasteiger charge is 2.09. The third-order valence-electron chi connectivity index (χ3n) is 2.74. The number of nitrogens with two attached hydrogens (primary N) is 1. The van der Waals surface area contributed by atoms with Gasteiger partial charge in [0.1, 0.15) is 0 Å². The van der Waals surface area contributed by atoms with Gasteiger partial charge in [-0.25, -0.2) is 0 Å². The number of hydrogen-bond donors (Lipinski definition) is 1. The van der Waals surface area contributed by atoms with Crippen molar-refractivity contribution in [1.82, 2.24) is 0 Å². The maximum atomic E-state index is 6.21. The van der Waals surface area contributed by atoms with E-state index in [1.54, 1.807) is 0 Å². The molecule has 2 N–H and O–H groups in total. The van der Waals surface area contributed by atoms with E-state index >= 15 is 0 Å². The molecule has 2 aromatic rings. The van der Waals surface area contributed by atoms with Crippen LogP contribution in [0, 0.1) is 0 Å². The zero-order valence-electron chi connectivity index (χ0n) is 9.54. The average molecular weight is 390 g/mol. The van der Waals surface area contributed by atoms with Crippen molar-refractivity contribution in [2.24, 2.45) is 5.73 Å². The normalized spacial score (nSPS) is 12.4. The molecule has 0 spiro atoms. The predicted octanol–water partition coefficient (Wildman–Crippen LogP) is 5.11. The summed E-state index contributed by atoms with van der Waals surface area (Å²) in [6, 6.07) is 14.0. The van der Waals surface area contributed by atoms with E-state index in [-0.39, 0.29) is 6.04 Å². The predicted molar refractivity (Wildman–Crippen MR) is 83.9 cm³/mol. The molecule has 0 bridgehead atoms. The summed E-state index contributed by atoms with van der Waals surface area (Å²) in [4.78, 5) is 0. The standard InChI is InChI=1S/C14H12Br2ClN/c15-11-4-1-9(2-5-11)7-14(18)10-3-6-13(17)12(16)8-10/h1-6,8,14H,7,18H2. The Morgan fingerprint density at radius 1 is 1.06 bits per heavy atom. The number of rotatable bonds is 3. The van der Waals surface area contributed by atoms with Crippen LogP contribution in [-0.4, -0.2) is 0 Å². The van der Waals surface area contributed by atoms with E-state index < -0.39 is 0 Å². The second-order valence-electron chi connectivity index (χ2n) is 4.11. The van der Waals surface area contributed by atoms with Crippen LogP contribution < -0.4 is 5.73 Å². The first-order chi connectivity index (χ1) is 8.56. The van der Waals surface area contributed by atoms with Gasteiger partial charge in [-0.3, -0.25) is 0 Å². The molecule has 0 saturated carbocycles. The fraction of sp³-hybridized carbons (Fsp3) is 0.143. The largest absolute Gasteiger partial charge is 0.324 e. The lowest BCUT2D eigenvalue weighted by atomic mass is 10.00. The van der Waals surface area contributed by atoms with Gasteiger partial charge in [0.2, 0.25) is 0 Å². The van der Waals surface area contributed by atoms with Crippen LogP contribution >= 0.6 is 43.5 Å². The van der Waals surface area contributed by atoms with E-state index in [9.17, 15) is 0 Å². The highest BCUT2D eigenvalue weighted by molar-refractivity contribution is 9.10. The summed E-state index contributed by atoms with van der Waals surface area (Å²) in [5.74, 6) is 0. The van der Waals surface area contributed by atoms with E-state index in [4.69, 9.17) is 17.3 Å². The van der Waals surface area contributed by atoms with Crippen LogP contribution in [0.15, 0.2) is 51.4 Å². The Kier molecular flexibility index (Phi) is 4.84. The van der Waals surface area contributed by atoms with Gasteiger partial charge in [0, 0.05) is 15.0 Å². The van der Waals surface area contributed by atoms with Gasteiger partial charge in [-0.05, 0) is 57.7 Å². The lowest BCUT2D eigenvalue weighted by molar-refractivity contribution is 0.721. The molecule has 0 saturated heterocycles. The molecule has 0 aromatic heterocycles. The maximum Gasteiger partial charge on any atom is 0.0548 e. The SMILES string of the molecule is NC(Cc1ccc(Br)cc1)c1ccc(Cl)c(Br)c1. The minimum absolute atomic E-state index is 0.0280. The van der Waals surface area contributed by atoms with Crippen LogP contribution in [0.2, 0.25) is 5.02 Å². The van der Waals surface area contributed by atoms with E-state index in [1.165, 1.54) is 5.56 Å². The van der Waals surface area contributed by atoms with Gasteiger partial charge in [0.05, 0.1) is 5.02 Å². The van der Waals surface area contributed by atoms with Crippen LogP contribution in [0.3, 0.4) is 0 Å². The van der Waals surface area contributed by atoms with Gasteiger partial charge in [0.25, 0.3) is 0 Å². The van der Waals surface area contributed by atoms with Crippen molar-refractivity contribution in [3.05, 3.63) is 67.6 Å². The second kappa shape index (κ2) is 6.20. The van der Waals surface area contributed by atoms with Crippen LogP contribution in [0.1, 0.15) is 17.2 Å². The summed E-state index contributed by atoms with van der Waals surface area (Å²) in [6.45, 7) is 0. The molecule has 1 unspecified atom stereocenters. The van der Waals surface area contributed by atoms with Gasteiger partial charge < -0.3 is 5.73 Å². The topological polar surface area (TPSA) is 26.0 Å². The van der Waals surface area contributed by atoms with Crippen LogP contribution in [-0.2, 0) is 6.42 Å². The fourth-order valence-corrected chi connectivity index (χ4v) is 2.51. The minimum atomic E-state index is -0.0280. The average Bonchev–Trinajstić information content (AvgIpc) is 2.35. The van der Waals surface area contributed by atoms with E-state index in [2.05, 4.69) is 44.0 Å². The molecule has 18 heavy (non-hydrogen) atoms. The highest BCUT2D eigenvalue weighted by Crippen LogP contribution is 2.26. The molecule has 0 amide bonds. The third-order valence-corrected chi connectivity index (χ3v) is 4.48. The molecule has 1 nitrogen and oxygen atoms in total. The Bertz CT molecular complexity index is 540. The minimum Gasteiger partial charge on any atom is -0.324 e. The Labute approximate surface area is 129 Å². The summed E-state index contributed by atoms with van der Waals surface area (Å²) < 4.78 is 1.96. The summed E-state index contributed by atoms with van der Waals surface area (Å²) in [5.41, 5.74) is 8.51. The summed E-state index contributed by atoms with van der Waals surface area (Å²) >= 11 is 12.8. The van der Waals surface area contributed by atoms with Gasteiger partial charge in [-0.15, -0.1) is 0 Å². The summed E-state index contributed by atoms with van der Waals surface area (Å²) in [6.07, 6.45) is 0.807. The zero-order valence-corrected chi connectivity index (χ0v) is 13.5. The van der Waals surface area contributed by atoms with Crippen molar-refractivity contribution in [1.29, 1.82) is 0 Å². The number of halogens is 3. The van der Waals surface area contributed by atoms with E-state index in [0.29, 0.717) is 5.02 Å².